The predicted molar refractivity (Wildman–Crippen MR) is 76.3 cm³/mol. The molecule has 100 valence electrons. The second kappa shape index (κ2) is 6.74. The fourth-order valence-corrected chi connectivity index (χ4v) is 2.98. The maximum absolute atomic E-state index is 6.12. The molecule has 0 spiro atoms. The Kier molecular flexibility index (Phi) is 5.00. The molecule has 0 radical (unpaired) electrons. The van der Waals surface area contributed by atoms with Crippen LogP contribution in [0.3, 0.4) is 0 Å². The highest BCUT2D eigenvalue weighted by molar-refractivity contribution is 5.46. The molecule has 0 aliphatic heterocycles. The monoisotopic (exact) mass is 247 g/mol. The van der Waals surface area contributed by atoms with Crippen LogP contribution in [0.1, 0.15) is 57.1 Å². The van der Waals surface area contributed by atoms with Crippen LogP contribution in [0.15, 0.2) is 18.5 Å². The molecule has 0 aromatic carbocycles. The number of hydrogen-bond donors (Lipinski definition) is 2. The molecule has 1 fully saturated rings. The third-order valence-electron chi connectivity index (χ3n) is 3.96. The SMILES string of the molecule is CCCNC(c1cnccc1N)C1CCCCC1. The lowest BCUT2D eigenvalue weighted by Crippen LogP contribution is -2.31. The average molecular weight is 247 g/mol. The second-order valence-electron chi connectivity index (χ2n) is 5.33. The van der Waals surface area contributed by atoms with Crippen LogP contribution in [0.4, 0.5) is 5.69 Å². The Balaban J connectivity index is 2.15. The average Bonchev–Trinajstić information content (AvgIpc) is 2.42. The van der Waals surface area contributed by atoms with Gasteiger partial charge in [-0.05, 0) is 37.8 Å². The quantitative estimate of drug-likeness (QED) is 0.839. The van der Waals surface area contributed by atoms with E-state index >= 15 is 0 Å². The van der Waals surface area contributed by atoms with Crippen molar-refractivity contribution < 1.29 is 0 Å². The lowest BCUT2D eigenvalue weighted by molar-refractivity contribution is 0.272. The molecular formula is C15H25N3. The summed E-state index contributed by atoms with van der Waals surface area (Å²) in [6.45, 7) is 3.26. The summed E-state index contributed by atoms with van der Waals surface area (Å²) in [4.78, 5) is 4.25. The van der Waals surface area contributed by atoms with Gasteiger partial charge in [-0.25, -0.2) is 0 Å². The van der Waals surface area contributed by atoms with Crippen LogP contribution < -0.4 is 11.1 Å². The standard InChI is InChI=1S/C15H25N3/c1-2-9-18-15(12-6-4-3-5-7-12)13-11-17-10-8-14(13)16/h8,10-12,15,18H,2-7,9H2,1H3,(H2,16,17). The van der Waals surface area contributed by atoms with Crippen molar-refractivity contribution in [3.63, 3.8) is 0 Å². The molecule has 1 atom stereocenters. The highest BCUT2D eigenvalue weighted by atomic mass is 14.9. The minimum atomic E-state index is 0.388. The molecule has 3 heteroatoms. The fraction of sp³-hybridized carbons (Fsp3) is 0.667. The van der Waals surface area contributed by atoms with Crippen molar-refractivity contribution in [3.8, 4) is 0 Å². The van der Waals surface area contributed by atoms with Gasteiger partial charge in [0.1, 0.15) is 0 Å². The molecule has 18 heavy (non-hydrogen) atoms. The summed E-state index contributed by atoms with van der Waals surface area (Å²) in [5, 5.41) is 3.68. The summed E-state index contributed by atoms with van der Waals surface area (Å²) in [6.07, 6.45) is 11.6. The summed E-state index contributed by atoms with van der Waals surface area (Å²) in [6, 6.07) is 2.30. The Morgan fingerprint density at radius 2 is 2.17 bits per heavy atom. The fourth-order valence-electron chi connectivity index (χ4n) is 2.98. The van der Waals surface area contributed by atoms with Crippen LogP contribution in [-0.2, 0) is 0 Å². The van der Waals surface area contributed by atoms with E-state index in [9.17, 15) is 0 Å². The molecule has 0 bridgehead atoms. The Morgan fingerprint density at radius 3 is 2.83 bits per heavy atom. The van der Waals surface area contributed by atoms with Gasteiger partial charge in [0.25, 0.3) is 0 Å². The first-order chi connectivity index (χ1) is 8.83. The topological polar surface area (TPSA) is 50.9 Å². The molecule has 1 aromatic rings. The van der Waals surface area contributed by atoms with Crippen LogP contribution in [0.25, 0.3) is 0 Å². The number of nitrogens with one attached hydrogen (secondary N) is 1. The molecule has 1 aromatic heterocycles. The molecule has 1 aliphatic rings. The van der Waals surface area contributed by atoms with Crippen molar-refractivity contribution in [1.29, 1.82) is 0 Å². The first-order valence-corrected chi connectivity index (χ1v) is 7.25. The molecule has 1 saturated carbocycles. The molecule has 1 aliphatic carbocycles. The highest BCUT2D eigenvalue weighted by Crippen LogP contribution is 2.36. The first kappa shape index (κ1) is 13.3. The molecular weight excluding hydrogens is 222 g/mol. The number of nitrogens with zero attached hydrogens (tertiary/aromatic N) is 1. The minimum absolute atomic E-state index is 0.388. The summed E-state index contributed by atoms with van der Waals surface area (Å²) in [5.41, 5.74) is 8.19. The van der Waals surface area contributed by atoms with Gasteiger partial charge >= 0.3 is 0 Å². The zero-order valence-corrected chi connectivity index (χ0v) is 11.4. The lowest BCUT2D eigenvalue weighted by Gasteiger charge is -2.32. The van der Waals surface area contributed by atoms with Crippen LogP contribution in [-0.4, -0.2) is 11.5 Å². The second-order valence-corrected chi connectivity index (χ2v) is 5.33. The van der Waals surface area contributed by atoms with E-state index in [-0.39, 0.29) is 0 Å². The summed E-state index contributed by atoms with van der Waals surface area (Å²) >= 11 is 0. The zero-order valence-electron chi connectivity index (χ0n) is 11.4. The Hall–Kier alpha value is -1.09. The van der Waals surface area contributed by atoms with Crippen molar-refractivity contribution in [2.24, 2.45) is 5.92 Å². The van der Waals surface area contributed by atoms with E-state index in [0.717, 1.165) is 24.6 Å². The molecule has 3 nitrogen and oxygen atoms in total. The number of rotatable bonds is 5. The van der Waals surface area contributed by atoms with Gasteiger partial charge in [-0.15, -0.1) is 0 Å². The largest absolute Gasteiger partial charge is 0.398 e. The van der Waals surface area contributed by atoms with Gasteiger partial charge in [0, 0.05) is 29.7 Å². The van der Waals surface area contributed by atoms with Gasteiger partial charge in [-0.1, -0.05) is 26.2 Å². The van der Waals surface area contributed by atoms with E-state index < -0.39 is 0 Å². The maximum Gasteiger partial charge on any atom is 0.0393 e. The van der Waals surface area contributed by atoms with E-state index in [2.05, 4.69) is 17.2 Å². The number of hydrogen-bond acceptors (Lipinski definition) is 3. The third-order valence-corrected chi connectivity index (χ3v) is 3.96. The van der Waals surface area contributed by atoms with E-state index in [1.807, 2.05) is 12.3 Å². The van der Waals surface area contributed by atoms with Crippen LogP contribution >= 0.6 is 0 Å². The Bertz CT molecular complexity index is 359. The van der Waals surface area contributed by atoms with Crippen LogP contribution in [0.5, 0.6) is 0 Å². The highest BCUT2D eigenvalue weighted by Gasteiger charge is 2.25. The molecule has 0 amide bonds. The zero-order chi connectivity index (χ0) is 12.8. The summed E-state index contributed by atoms with van der Waals surface area (Å²) < 4.78 is 0. The number of nitrogens with two attached hydrogens (primary N) is 1. The first-order valence-electron chi connectivity index (χ1n) is 7.25. The summed E-state index contributed by atoms with van der Waals surface area (Å²) in [7, 11) is 0. The van der Waals surface area contributed by atoms with Gasteiger partial charge in [0.15, 0.2) is 0 Å². The minimum Gasteiger partial charge on any atom is -0.398 e. The molecule has 1 heterocycles. The predicted octanol–water partition coefficient (Wildman–Crippen LogP) is 3.28. The van der Waals surface area contributed by atoms with Crippen LogP contribution in [0, 0.1) is 5.92 Å². The number of aromatic nitrogens is 1. The van der Waals surface area contributed by atoms with Crippen LogP contribution in [0.2, 0.25) is 0 Å². The van der Waals surface area contributed by atoms with E-state index in [1.165, 1.54) is 37.7 Å². The van der Waals surface area contributed by atoms with Crippen molar-refractivity contribution in [2.45, 2.75) is 51.5 Å². The lowest BCUT2D eigenvalue weighted by atomic mass is 9.81. The van der Waals surface area contributed by atoms with Gasteiger partial charge in [-0.3, -0.25) is 4.98 Å². The molecule has 3 N–H and O–H groups in total. The van der Waals surface area contributed by atoms with Crippen molar-refractivity contribution in [2.75, 3.05) is 12.3 Å². The summed E-state index contributed by atoms with van der Waals surface area (Å²) in [5.74, 6) is 0.719. The van der Waals surface area contributed by atoms with Gasteiger partial charge in [0.05, 0.1) is 0 Å². The smallest absolute Gasteiger partial charge is 0.0393 e. The molecule has 1 unspecified atom stereocenters. The van der Waals surface area contributed by atoms with Crippen molar-refractivity contribution in [3.05, 3.63) is 24.0 Å². The maximum atomic E-state index is 6.12. The third kappa shape index (κ3) is 3.22. The number of anilines is 1. The van der Waals surface area contributed by atoms with E-state index in [1.54, 1.807) is 6.20 Å². The van der Waals surface area contributed by atoms with E-state index in [0.29, 0.717) is 6.04 Å². The van der Waals surface area contributed by atoms with Gasteiger partial charge in [0.2, 0.25) is 0 Å². The van der Waals surface area contributed by atoms with Crippen molar-refractivity contribution in [1.82, 2.24) is 10.3 Å². The Morgan fingerprint density at radius 1 is 1.39 bits per heavy atom. The number of nitrogen functional groups attached to an aromatic ring is 1. The number of pyridine rings is 1. The molecule has 2 rings (SSSR count). The molecule has 0 saturated heterocycles. The van der Waals surface area contributed by atoms with E-state index in [4.69, 9.17) is 5.73 Å². The van der Waals surface area contributed by atoms with Crippen molar-refractivity contribution >= 4 is 5.69 Å². The normalized spacial score (nSPS) is 18.7. The van der Waals surface area contributed by atoms with Gasteiger partial charge in [-0.2, -0.15) is 0 Å². The Labute approximate surface area is 110 Å². The van der Waals surface area contributed by atoms with Gasteiger partial charge < -0.3 is 11.1 Å².